The fraction of sp³-hybridized carbons (Fsp3) is 0.462. The monoisotopic (exact) mass is 301 g/mol. The molecule has 2 nitrogen and oxygen atoms in total. The standard InChI is InChI=1S/C13H17BrFNO/c1-3-4-5-9-16(2)13(17)10-7-6-8-11(15)12(10)14/h6-8H,3-5,9H2,1-2H3. The number of nitrogens with zero attached hydrogens (tertiary/aromatic N) is 1. The van der Waals surface area contributed by atoms with Gasteiger partial charge in [-0.1, -0.05) is 25.8 Å². The molecule has 0 fully saturated rings. The van der Waals surface area contributed by atoms with Crippen molar-refractivity contribution in [2.24, 2.45) is 0 Å². The molecule has 17 heavy (non-hydrogen) atoms. The van der Waals surface area contributed by atoms with Gasteiger partial charge in [0.05, 0.1) is 10.0 Å². The summed E-state index contributed by atoms with van der Waals surface area (Å²) >= 11 is 3.11. The van der Waals surface area contributed by atoms with E-state index in [2.05, 4.69) is 22.9 Å². The van der Waals surface area contributed by atoms with E-state index in [-0.39, 0.29) is 10.4 Å². The van der Waals surface area contributed by atoms with E-state index in [4.69, 9.17) is 0 Å². The average molecular weight is 302 g/mol. The van der Waals surface area contributed by atoms with Gasteiger partial charge >= 0.3 is 0 Å². The molecule has 0 saturated heterocycles. The molecule has 1 aromatic carbocycles. The molecule has 0 spiro atoms. The lowest BCUT2D eigenvalue weighted by Crippen LogP contribution is -2.28. The summed E-state index contributed by atoms with van der Waals surface area (Å²) in [4.78, 5) is 13.7. The fourth-order valence-corrected chi connectivity index (χ4v) is 2.01. The van der Waals surface area contributed by atoms with Gasteiger partial charge in [-0.05, 0) is 34.5 Å². The van der Waals surface area contributed by atoms with Crippen LogP contribution in [0.15, 0.2) is 22.7 Å². The predicted molar refractivity (Wildman–Crippen MR) is 70.6 cm³/mol. The highest BCUT2D eigenvalue weighted by molar-refractivity contribution is 9.10. The van der Waals surface area contributed by atoms with E-state index in [1.54, 1.807) is 24.1 Å². The molecule has 0 heterocycles. The Hall–Kier alpha value is -0.900. The summed E-state index contributed by atoms with van der Waals surface area (Å²) in [6.45, 7) is 2.82. The van der Waals surface area contributed by atoms with Gasteiger partial charge in [0.25, 0.3) is 5.91 Å². The summed E-state index contributed by atoms with van der Waals surface area (Å²) in [5.74, 6) is -0.551. The van der Waals surface area contributed by atoms with Crippen LogP contribution in [-0.4, -0.2) is 24.4 Å². The molecular formula is C13H17BrFNO. The Balaban J connectivity index is 2.71. The minimum atomic E-state index is -0.405. The molecule has 1 rings (SSSR count). The lowest BCUT2D eigenvalue weighted by atomic mass is 10.2. The first-order valence-corrected chi connectivity index (χ1v) is 6.56. The summed E-state index contributed by atoms with van der Waals surface area (Å²) in [6.07, 6.45) is 3.19. The number of halogens is 2. The maximum atomic E-state index is 13.3. The molecule has 0 radical (unpaired) electrons. The largest absolute Gasteiger partial charge is 0.342 e. The van der Waals surface area contributed by atoms with Gasteiger partial charge in [0.1, 0.15) is 5.82 Å². The SMILES string of the molecule is CCCCCN(C)C(=O)c1cccc(F)c1Br. The Morgan fingerprint density at radius 3 is 2.76 bits per heavy atom. The average Bonchev–Trinajstić information content (AvgIpc) is 2.32. The third kappa shape index (κ3) is 3.80. The molecule has 0 saturated carbocycles. The van der Waals surface area contributed by atoms with Crippen LogP contribution in [0.2, 0.25) is 0 Å². The van der Waals surface area contributed by atoms with E-state index in [0.717, 1.165) is 19.3 Å². The van der Waals surface area contributed by atoms with Gasteiger partial charge < -0.3 is 4.90 Å². The van der Waals surface area contributed by atoms with Crippen LogP contribution in [0.1, 0.15) is 36.5 Å². The second kappa shape index (κ2) is 6.74. The van der Waals surface area contributed by atoms with E-state index in [1.807, 2.05) is 0 Å². The number of carbonyl (C=O) groups excluding carboxylic acids is 1. The van der Waals surface area contributed by atoms with Gasteiger partial charge in [-0.3, -0.25) is 4.79 Å². The van der Waals surface area contributed by atoms with Crippen LogP contribution in [0.4, 0.5) is 4.39 Å². The highest BCUT2D eigenvalue weighted by Gasteiger charge is 2.16. The molecule has 0 bridgehead atoms. The summed E-state index contributed by atoms with van der Waals surface area (Å²) in [5, 5.41) is 0. The van der Waals surface area contributed by atoms with E-state index in [1.165, 1.54) is 6.07 Å². The van der Waals surface area contributed by atoms with Crippen molar-refractivity contribution in [1.29, 1.82) is 0 Å². The Bertz CT molecular complexity index is 395. The number of amides is 1. The molecule has 4 heteroatoms. The van der Waals surface area contributed by atoms with Crippen molar-refractivity contribution in [3.8, 4) is 0 Å². The topological polar surface area (TPSA) is 20.3 Å². The Labute approximate surface area is 110 Å². The summed E-state index contributed by atoms with van der Waals surface area (Å²) < 4.78 is 13.5. The molecular weight excluding hydrogens is 285 g/mol. The summed E-state index contributed by atoms with van der Waals surface area (Å²) in [7, 11) is 1.75. The Kier molecular flexibility index (Phi) is 5.62. The second-order valence-electron chi connectivity index (χ2n) is 4.04. The van der Waals surface area contributed by atoms with E-state index < -0.39 is 5.82 Å². The zero-order valence-electron chi connectivity index (χ0n) is 10.2. The van der Waals surface area contributed by atoms with Crippen LogP contribution in [0.3, 0.4) is 0 Å². The quantitative estimate of drug-likeness (QED) is 0.757. The van der Waals surface area contributed by atoms with E-state index in [0.29, 0.717) is 12.1 Å². The van der Waals surface area contributed by atoms with Crippen LogP contribution < -0.4 is 0 Å². The molecule has 1 amide bonds. The van der Waals surface area contributed by atoms with Crippen molar-refractivity contribution in [2.45, 2.75) is 26.2 Å². The van der Waals surface area contributed by atoms with Gasteiger partial charge in [-0.2, -0.15) is 0 Å². The first-order chi connectivity index (χ1) is 8.07. The zero-order valence-corrected chi connectivity index (χ0v) is 11.8. The maximum Gasteiger partial charge on any atom is 0.254 e. The molecule has 0 aromatic heterocycles. The Morgan fingerprint density at radius 1 is 1.41 bits per heavy atom. The predicted octanol–water partition coefficient (Wildman–Crippen LogP) is 3.85. The lowest BCUT2D eigenvalue weighted by molar-refractivity contribution is 0.0791. The zero-order chi connectivity index (χ0) is 12.8. The van der Waals surface area contributed by atoms with Crippen molar-refractivity contribution < 1.29 is 9.18 Å². The second-order valence-corrected chi connectivity index (χ2v) is 4.83. The molecule has 0 aliphatic carbocycles. The normalized spacial score (nSPS) is 10.4. The lowest BCUT2D eigenvalue weighted by Gasteiger charge is -2.17. The number of hydrogen-bond acceptors (Lipinski definition) is 1. The van der Waals surface area contributed by atoms with Gasteiger partial charge in [-0.15, -0.1) is 0 Å². The van der Waals surface area contributed by atoms with Crippen molar-refractivity contribution >= 4 is 21.8 Å². The van der Waals surface area contributed by atoms with Crippen molar-refractivity contribution in [3.05, 3.63) is 34.1 Å². The van der Waals surface area contributed by atoms with Gasteiger partial charge in [-0.25, -0.2) is 4.39 Å². The van der Waals surface area contributed by atoms with Crippen molar-refractivity contribution in [2.75, 3.05) is 13.6 Å². The Morgan fingerprint density at radius 2 is 2.12 bits per heavy atom. The molecule has 1 aromatic rings. The van der Waals surface area contributed by atoms with E-state index in [9.17, 15) is 9.18 Å². The minimum absolute atomic E-state index is 0.146. The number of unbranched alkanes of at least 4 members (excludes halogenated alkanes) is 2. The molecule has 0 unspecified atom stereocenters. The highest BCUT2D eigenvalue weighted by Crippen LogP contribution is 2.21. The molecule has 0 aliphatic rings. The van der Waals surface area contributed by atoms with Crippen LogP contribution in [-0.2, 0) is 0 Å². The number of rotatable bonds is 5. The summed E-state index contributed by atoms with van der Waals surface area (Å²) in [6, 6.07) is 4.51. The first-order valence-electron chi connectivity index (χ1n) is 5.77. The summed E-state index contributed by atoms with van der Waals surface area (Å²) in [5.41, 5.74) is 0.379. The highest BCUT2D eigenvalue weighted by atomic mass is 79.9. The number of carbonyl (C=O) groups is 1. The molecule has 0 atom stereocenters. The van der Waals surface area contributed by atoms with Crippen LogP contribution in [0, 0.1) is 5.82 Å². The van der Waals surface area contributed by atoms with Gasteiger partial charge in [0.15, 0.2) is 0 Å². The smallest absolute Gasteiger partial charge is 0.254 e. The van der Waals surface area contributed by atoms with Crippen molar-refractivity contribution in [3.63, 3.8) is 0 Å². The van der Waals surface area contributed by atoms with Gasteiger partial charge in [0, 0.05) is 13.6 Å². The van der Waals surface area contributed by atoms with Crippen LogP contribution >= 0.6 is 15.9 Å². The maximum absolute atomic E-state index is 13.3. The van der Waals surface area contributed by atoms with Crippen LogP contribution in [0.25, 0.3) is 0 Å². The third-order valence-corrected chi connectivity index (χ3v) is 3.43. The molecule has 94 valence electrons. The van der Waals surface area contributed by atoms with Crippen LogP contribution in [0.5, 0.6) is 0 Å². The fourth-order valence-electron chi connectivity index (χ4n) is 1.58. The first kappa shape index (κ1) is 14.2. The number of hydrogen-bond donors (Lipinski definition) is 0. The van der Waals surface area contributed by atoms with E-state index >= 15 is 0 Å². The van der Waals surface area contributed by atoms with Gasteiger partial charge in [0.2, 0.25) is 0 Å². The third-order valence-electron chi connectivity index (χ3n) is 2.63. The van der Waals surface area contributed by atoms with Crippen molar-refractivity contribution in [1.82, 2.24) is 4.90 Å². The molecule has 0 aliphatic heterocycles. The number of benzene rings is 1. The minimum Gasteiger partial charge on any atom is -0.342 e. The molecule has 0 N–H and O–H groups in total.